The minimum absolute atomic E-state index is 0.114. The quantitative estimate of drug-likeness (QED) is 0.504. The van der Waals surface area contributed by atoms with Crippen LogP contribution in [0.2, 0.25) is 0 Å². The van der Waals surface area contributed by atoms with E-state index in [9.17, 15) is 8.78 Å². The Morgan fingerprint density at radius 2 is 2.08 bits per heavy atom. The Balaban J connectivity index is 1.43. The van der Waals surface area contributed by atoms with Crippen LogP contribution in [0.15, 0.2) is 35.1 Å². The van der Waals surface area contributed by atoms with Gasteiger partial charge in [-0.2, -0.15) is 0 Å². The number of rotatable bonds is 8. The van der Waals surface area contributed by atoms with E-state index in [0.717, 1.165) is 41.0 Å². The zero-order valence-electron chi connectivity index (χ0n) is 13.7. The molecule has 2 aromatic heterocycles. The molecule has 2 heterocycles. The second-order valence-electron chi connectivity index (χ2n) is 5.67. The number of hydrogen-bond acceptors (Lipinski definition) is 4. The van der Waals surface area contributed by atoms with E-state index in [0.29, 0.717) is 11.0 Å². The Bertz CT molecular complexity index is 846. The lowest BCUT2D eigenvalue weighted by Crippen LogP contribution is -2.21. The third kappa shape index (κ3) is 4.19. The number of benzene rings is 1. The van der Waals surface area contributed by atoms with Crippen molar-refractivity contribution >= 4 is 38.3 Å². The van der Waals surface area contributed by atoms with Gasteiger partial charge in [-0.3, -0.25) is 0 Å². The molecule has 0 aliphatic carbocycles. The highest BCUT2D eigenvalue weighted by Crippen LogP contribution is 2.38. The van der Waals surface area contributed by atoms with E-state index >= 15 is 0 Å². The number of nitrogens with zero attached hydrogens (tertiary/aromatic N) is 2. The maximum Gasteiger partial charge on any atom is 0.273 e. The summed E-state index contributed by atoms with van der Waals surface area (Å²) in [5, 5.41) is 3.32. The van der Waals surface area contributed by atoms with Crippen LogP contribution < -0.4 is 10.7 Å². The molecule has 2 N–H and O–H groups in total. The molecule has 0 fully saturated rings. The highest BCUT2D eigenvalue weighted by atomic mass is 79.9. The van der Waals surface area contributed by atoms with Crippen molar-refractivity contribution in [2.24, 2.45) is 0 Å². The van der Waals surface area contributed by atoms with E-state index in [1.165, 1.54) is 11.3 Å². The molecule has 0 amide bonds. The van der Waals surface area contributed by atoms with Crippen molar-refractivity contribution in [2.75, 3.05) is 18.5 Å². The first-order chi connectivity index (χ1) is 12.1. The smallest absolute Gasteiger partial charge is 0.273 e. The Morgan fingerprint density at radius 3 is 2.84 bits per heavy atom. The van der Waals surface area contributed by atoms with Gasteiger partial charge < -0.3 is 10.7 Å². The summed E-state index contributed by atoms with van der Waals surface area (Å²) < 4.78 is 28.3. The number of halogens is 3. The van der Waals surface area contributed by atoms with Gasteiger partial charge in [0, 0.05) is 22.4 Å². The number of thiophene rings is 1. The van der Waals surface area contributed by atoms with Gasteiger partial charge in [-0.1, -0.05) is 12.1 Å². The molecule has 3 rings (SSSR count). The van der Waals surface area contributed by atoms with Gasteiger partial charge in [0.05, 0.1) is 15.9 Å². The molecule has 0 aliphatic heterocycles. The van der Waals surface area contributed by atoms with Crippen LogP contribution in [0.1, 0.15) is 28.2 Å². The number of alkyl halides is 2. The van der Waals surface area contributed by atoms with Gasteiger partial charge in [-0.15, -0.1) is 11.3 Å². The molecule has 0 unspecified atom stereocenters. The Kier molecular flexibility index (Phi) is 6.03. The molecule has 0 saturated heterocycles. The summed E-state index contributed by atoms with van der Waals surface area (Å²) in [6, 6.07) is 7.95. The van der Waals surface area contributed by atoms with E-state index < -0.39 is 6.43 Å². The standard InChI is InChI=1S/C17H19BrF2N4S/c1-11-14(25-16(15(11)18)17(19)20)9-21-7-4-8-23-24-10-22-12-5-2-3-6-13(12)24/h2-3,5-6,10,17,21,23H,4,7-9H2,1H3. The topological polar surface area (TPSA) is 41.9 Å². The second kappa shape index (κ2) is 8.25. The number of para-hydroxylation sites is 2. The number of nitrogens with one attached hydrogen (secondary N) is 2. The van der Waals surface area contributed by atoms with Gasteiger partial charge in [0.1, 0.15) is 6.33 Å². The van der Waals surface area contributed by atoms with Gasteiger partial charge in [0.25, 0.3) is 6.43 Å². The summed E-state index contributed by atoms with van der Waals surface area (Å²) in [6.07, 6.45) is 0.261. The normalized spacial score (nSPS) is 11.6. The average molecular weight is 429 g/mol. The molecule has 0 radical (unpaired) electrons. The predicted molar refractivity (Wildman–Crippen MR) is 102 cm³/mol. The SMILES string of the molecule is Cc1c(CNCCCNn2cnc3ccccc32)sc(C(F)F)c1Br. The second-order valence-corrected chi connectivity index (χ2v) is 7.60. The van der Waals surface area contributed by atoms with Crippen LogP contribution in [0.3, 0.4) is 0 Å². The van der Waals surface area contributed by atoms with Gasteiger partial charge in [0.15, 0.2) is 0 Å². The molecule has 0 saturated carbocycles. The van der Waals surface area contributed by atoms with E-state index in [1.54, 1.807) is 6.33 Å². The summed E-state index contributed by atoms with van der Waals surface area (Å²) >= 11 is 4.43. The van der Waals surface area contributed by atoms with E-state index in [1.807, 2.05) is 35.9 Å². The van der Waals surface area contributed by atoms with Crippen molar-refractivity contribution in [1.29, 1.82) is 0 Å². The summed E-state index contributed by atoms with van der Waals surface area (Å²) in [6.45, 7) is 4.08. The zero-order chi connectivity index (χ0) is 17.8. The van der Waals surface area contributed by atoms with Gasteiger partial charge in [0.2, 0.25) is 0 Å². The first kappa shape index (κ1) is 18.3. The molecule has 134 valence electrons. The van der Waals surface area contributed by atoms with Gasteiger partial charge >= 0.3 is 0 Å². The van der Waals surface area contributed by atoms with Crippen LogP contribution in [0.4, 0.5) is 8.78 Å². The first-order valence-electron chi connectivity index (χ1n) is 8.00. The molecule has 3 aromatic rings. The van der Waals surface area contributed by atoms with E-state index in [2.05, 4.69) is 31.7 Å². The van der Waals surface area contributed by atoms with Crippen LogP contribution in [0.5, 0.6) is 0 Å². The largest absolute Gasteiger partial charge is 0.324 e. The summed E-state index contributed by atoms with van der Waals surface area (Å²) in [5.74, 6) is 0. The van der Waals surface area contributed by atoms with Gasteiger partial charge in [-0.25, -0.2) is 18.4 Å². The predicted octanol–water partition coefficient (Wildman–Crippen LogP) is 4.83. The van der Waals surface area contributed by atoms with E-state index in [4.69, 9.17) is 0 Å². The number of imidazole rings is 1. The monoisotopic (exact) mass is 428 g/mol. The molecule has 8 heteroatoms. The minimum Gasteiger partial charge on any atom is -0.324 e. The summed E-state index contributed by atoms with van der Waals surface area (Å²) in [7, 11) is 0. The lowest BCUT2D eigenvalue weighted by atomic mass is 10.2. The lowest BCUT2D eigenvalue weighted by Gasteiger charge is -2.09. The molecule has 25 heavy (non-hydrogen) atoms. The molecular weight excluding hydrogens is 410 g/mol. The van der Waals surface area contributed by atoms with Crippen LogP contribution >= 0.6 is 27.3 Å². The highest BCUT2D eigenvalue weighted by Gasteiger charge is 2.19. The first-order valence-corrected chi connectivity index (χ1v) is 9.61. The lowest BCUT2D eigenvalue weighted by molar-refractivity contribution is 0.155. The Hall–Kier alpha value is -1.51. The molecule has 0 bridgehead atoms. The van der Waals surface area contributed by atoms with E-state index in [-0.39, 0.29) is 4.88 Å². The summed E-state index contributed by atoms with van der Waals surface area (Å²) in [5.41, 5.74) is 6.22. The van der Waals surface area contributed by atoms with Crippen molar-refractivity contribution in [2.45, 2.75) is 26.3 Å². The van der Waals surface area contributed by atoms with Gasteiger partial charge in [-0.05, 0) is 53.5 Å². The van der Waals surface area contributed by atoms with Crippen molar-refractivity contribution in [3.63, 3.8) is 0 Å². The van der Waals surface area contributed by atoms with Crippen LogP contribution in [0.25, 0.3) is 11.0 Å². The van der Waals surface area contributed by atoms with Crippen molar-refractivity contribution in [3.05, 3.63) is 50.4 Å². The van der Waals surface area contributed by atoms with Crippen molar-refractivity contribution in [1.82, 2.24) is 15.0 Å². The zero-order valence-corrected chi connectivity index (χ0v) is 16.1. The highest BCUT2D eigenvalue weighted by molar-refractivity contribution is 9.10. The van der Waals surface area contributed by atoms with Crippen LogP contribution in [-0.4, -0.2) is 22.7 Å². The van der Waals surface area contributed by atoms with Crippen LogP contribution in [-0.2, 0) is 6.54 Å². The third-order valence-corrected chi connectivity index (χ3v) is 6.53. The molecule has 4 nitrogen and oxygen atoms in total. The number of hydrogen-bond donors (Lipinski definition) is 2. The third-order valence-electron chi connectivity index (χ3n) is 3.95. The minimum atomic E-state index is -2.43. The van der Waals surface area contributed by atoms with Crippen molar-refractivity contribution in [3.8, 4) is 0 Å². The number of aromatic nitrogens is 2. The van der Waals surface area contributed by atoms with Crippen molar-refractivity contribution < 1.29 is 8.78 Å². The molecule has 0 atom stereocenters. The van der Waals surface area contributed by atoms with Crippen LogP contribution in [0, 0.1) is 6.92 Å². The molecule has 0 spiro atoms. The maximum atomic E-state index is 12.9. The average Bonchev–Trinajstić information content (AvgIpc) is 3.14. The molecular formula is C17H19BrF2N4S. The fourth-order valence-electron chi connectivity index (χ4n) is 2.57. The Morgan fingerprint density at radius 1 is 1.28 bits per heavy atom. The maximum absolute atomic E-state index is 12.9. The Labute approximate surface area is 157 Å². The summed E-state index contributed by atoms with van der Waals surface area (Å²) in [4.78, 5) is 5.40. The number of fused-ring (bicyclic) bond motifs is 1. The molecule has 1 aromatic carbocycles. The molecule has 0 aliphatic rings. The fourth-order valence-corrected chi connectivity index (χ4v) is 4.38. The fraction of sp³-hybridized carbons (Fsp3) is 0.353.